The van der Waals surface area contributed by atoms with Gasteiger partial charge in [0.1, 0.15) is 5.82 Å². The smallest absolute Gasteiger partial charge is 0.229 e. The molecule has 2 aromatic heterocycles. The first-order chi connectivity index (χ1) is 15.3. The van der Waals surface area contributed by atoms with Gasteiger partial charge in [0.2, 0.25) is 5.95 Å². The second-order valence-electron chi connectivity index (χ2n) is 7.50. The lowest BCUT2D eigenvalue weighted by atomic mass is 10.1. The highest BCUT2D eigenvalue weighted by Gasteiger charge is 2.06. The number of hydrogen-bond donors (Lipinski definition) is 4. The van der Waals surface area contributed by atoms with Gasteiger partial charge in [0, 0.05) is 59.9 Å². The van der Waals surface area contributed by atoms with E-state index >= 15 is 0 Å². The second-order valence-corrected chi connectivity index (χ2v) is 7.50. The minimum absolute atomic E-state index is 0.573. The third kappa shape index (κ3) is 4.67. The van der Waals surface area contributed by atoms with Crippen LogP contribution in [0.3, 0.4) is 0 Å². The molecule has 0 unspecified atom stereocenters. The number of para-hydroxylation sites is 1. The quantitative estimate of drug-likeness (QED) is 0.320. The summed E-state index contributed by atoms with van der Waals surface area (Å²) in [7, 11) is 0. The van der Waals surface area contributed by atoms with Crippen LogP contribution in [-0.4, -0.2) is 39.6 Å². The Balaban J connectivity index is 1.22. The molecule has 156 valence electrons. The molecule has 0 atom stereocenters. The maximum absolute atomic E-state index is 4.59. The summed E-state index contributed by atoms with van der Waals surface area (Å²) in [6.45, 7) is 2.79. The number of nitrogens with one attached hydrogen (secondary N) is 4. The fourth-order valence-electron chi connectivity index (χ4n) is 3.67. The third-order valence-corrected chi connectivity index (χ3v) is 5.23. The van der Waals surface area contributed by atoms with Gasteiger partial charge >= 0.3 is 0 Å². The highest BCUT2D eigenvalue weighted by Crippen LogP contribution is 2.26. The lowest BCUT2D eigenvalue weighted by Crippen LogP contribution is -2.31. The molecule has 2 aromatic carbocycles. The van der Waals surface area contributed by atoms with E-state index in [1.165, 1.54) is 5.39 Å². The number of H-pyrrole nitrogens is 1. The largest absolute Gasteiger partial charge is 0.370 e. The van der Waals surface area contributed by atoms with Crippen molar-refractivity contribution in [3.8, 4) is 11.3 Å². The zero-order valence-electron chi connectivity index (χ0n) is 17.2. The molecule has 1 aliphatic heterocycles. The monoisotopic (exact) mass is 411 g/mol. The standard InChI is InChI=1S/C24H25N7/c1-2-9-21-19(6-1)17-22(29-21)18-7-3-8-20(16-18)28-24-26-13-10-23(30-24)25-11-4-14-31-15-5-12-27-31/h1-3,5-10,12-13,16-17,27,29H,4,11,14-15H2,(H2,25,26,28,30). The Labute approximate surface area is 181 Å². The number of hydrazine groups is 1. The number of aromatic nitrogens is 3. The number of benzene rings is 2. The zero-order chi connectivity index (χ0) is 20.9. The molecule has 0 amide bonds. The molecule has 0 spiro atoms. The molecule has 0 saturated carbocycles. The molecule has 0 bridgehead atoms. The van der Waals surface area contributed by atoms with Crippen molar-refractivity contribution >= 4 is 28.4 Å². The molecule has 0 saturated heterocycles. The Bertz CT molecular complexity index is 1160. The van der Waals surface area contributed by atoms with Gasteiger partial charge in [0.15, 0.2) is 0 Å². The summed E-state index contributed by atoms with van der Waals surface area (Å²) in [4.78, 5) is 12.4. The van der Waals surface area contributed by atoms with Crippen LogP contribution in [0.25, 0.3) is 22.2 Å². The summed E-state index contributed by atoms with van der Waals surface area (Å²) in [5.41, 5.74) is 7.48. The van der Waals surface area contributed by atoms with Gasteiger partial charge in [0.05, 0.1) is 0 Å². The van der Waals surface area contributed by atoms with E-state index in [2.05, 4.69) is 78.5 Å². The zero-order valence-corrected chi connectivity index (χ0v) is 17.2. The minimum atomic E-state index is 0.573. The number of hydrogen-bond acceptors (Lipinski definition) is 6. The number of aromatic amines is 1. The summed E-state index contributed by atoms with van der Waals surface area (Å²) in [5, 5.41) is 10.1. The van der Waals surface area contributed by atoms with Crippen LogP contribution in [0.5, 0.6) is 0 Å². The van der Waals surface area contributed by atoms with E-state index in [-0.39, 0.29) is 0 Å². The van der Waals surface area contributed by atoms with Crippen LogP contribution in [-0.2, 0) is 0 Å². The molecular weight excluding hydrogens is 386 g/mol. The molecule has 1 aliphatic rings. The van der Waals surface area contributed by atoms with E-state index in [9.17, 15) is 0 Å². The molecule has 3 heterocycles. The van der Waals surface area contributed by atoms with Crippen LogP contribution in [0.15, 0.2) is 79.1 Å². The van der Waals surface area contributed by atoms with Crippen LogP contribution < -0.4 is 16.1 Å². The normalized spacial score (nSPS) is 13.4. The van der Waals surface area contributed by atoms with Crippen LogP contribution >= 0.6 is 0 Å². The summed E-state index contributed by atoms with van der Waals surface area (Å²) in [6.07, 6.45) is 6.88. The van der Waals surface area contributed by atoms with Crippen molar-refractivity contribution in [3.63, 3.8) is 0 Å². The first-order valence-corrected chi connectivity index (χ1v) is 10.5. The number of fused-ring (bicyclic) bond motifs is 1. The van der Waals surface area contributed by atoms with Crippen molar-refractivity contribution < 1.29 is 0 Å². The third-order valence-electron chi connectivity index (χ3n) is 5.23. The van der Waals surface area contributed by atoms with Crippen LogP contribution in [0, 0.1) is 0 Å². The van der Waals surface area contributed by atoms with Gasteiger partial charge in [-0.15, -0.1) is 0 Å². The molecule has 0 fully saturated rings. The van der Waals surface area contributed by atoms with Gasteiger partial charge in [-0.25, -0.2) is 9.99 Å². The van der Waals surface area contributed by atoms with E-state index in [1.807, 2.05) is 30.5 Å². The predicted octanol–water partition coefficient (Wildman–Crippen LogP) is 4.50. The van der Waals surface area contributed by atoms with Crippen molar-refractivity contribution in [1.29, 1.82) is 0 Å². The number of rotatable bonds is 8. The Morgan fingerprint density at radius 1 is 1.03 bits per heavy atom. The number of nitrogens with zero attached hydrogens (tertiary/aromatic N) is 3. The first kappa shape index (κ1) is 19.1. The molecule has 5 rings (SSSR count). The summed E-state index contributed by atoms with van der Waals surface area (Å²) >= 11 is 0. The van der Waals surface area contributed by atoms with Crippen LogP contribution in [0.2, 0.25) is 0 Å². The van der Waals surface area contributed by atoms with Crippen LogP contribution in [0.1, 0.15) is 6.42 Å². The van der Waals surface area contributed by atoms with Crippen molar-refractivity contribution in [3.05, 3.63) is 79.1 Å². The van der Waals surface area contributed by atoms with E-state index in [4.69, 9.17) is 0 Å². The van der Waals surface area contributed by atoms with Crippen molar-refractivity contribution in [1.82, 2.24) is 25.4 Å². The molecule has 0 radical (unpaired) electrons. The predicted molar refractivity (Wildman–Crippen MR) is 126 cm³/mol. The summed E-state index contributed by atoms with van der Waals surface area (Å²) in [5.74, 6) is 1.39. The minimum Gasteiger partial charge on any atom is -0.370 e. The SMILES string of the molecule is C1=CNN(CCCNc2ccnc(Nc3cccc(-c4cc5ccccc5[nH]4)c3)n2)C1. The van der Waals surface area contributed by atoms with Gasteiger partial charge in [0.25, 0.3) is 0 Å². The molecule has 7 heteroatoms. The molecule has 31 heavy (non-hydrogen) atoms. The Morgan fingerprint density at radius 3 is 2.90 bits per heavy atom. The molecular formula is C24H25N7. The van der Waals surface area contributed by atoms with Crippen molar-refractivity contribution in [2.45, 2.75) is 6.42 Å². The lowest BCUT2D eigenvalue weighted by molar-refractivity contribution is 0.266. The van der Waals surface area contributed by atoms with E-state index in [0.717, 1.165) is 54.3 Å². The Kier molecular flexibility index (Phi) is 5.49. The maximum Gasteiger partial charge on any atom is 0.229 e. The topological polar surface area (TPSA) is 80.9 Å². The fraction of sp³-hybridized carbons (Fsp3) is 0.167. The Hall–Kier alpha value is -3.84. The molecule has 0 aliphatic carbocycles. The average Bonchev–Trinajstić information content (AvgIpc) is 3.47. The highest BCUT2D eigenvalue weighted by molar-refractivity contribution is 5.86. The van der Waals surface area contributed by atoms with E-state index < -0.39 is 0 Å². The van der Waals surface area contributed by atoms with Gasteiger partial charge in [-0.05, 0) is 36.8 Å². The Morgan fingerprint density at radius 2 is 2.00 bits per heavy atom. The van der Waals surface area contributed by atoms with Gasteiger partial charge in [-0.1, -0.05) is 36.4 Å². The van der Waals surface area contributed by atoms with Crippen molar-refractivity contribution in [2.75, 3.05) is 30.3 Å². The van der Waals surface area contributed by atoms with E-state index in [0.29, 0.717) is 5.95 Å². The van der Waals surface area contributed by atoms with Gasteiger partial charge in [-0.2, -0.15) is 4.98 Å². The van der Waals surface area contributed by atoms with Crippen LogP contribution in [0.4, 0.5) is 17.5 Å². The molecule has 7 nitrogen and oxygen atoms in total. The molecule has 4 N–H and O–H groups in total. The average molecular weight is 412 g/mol. The lowest BCUT2D eigenvalue weighted by Gasteiger charge is -2.15. The van der Waals surface area contributed by atoms with Gasteiger partial charge in [-0.3, -0.25) is 0 Å². The van der Waals surface area contributed by atoms with Gasteiger partial charge < -0.3 is 21.0 Å². The maximum atomic E-state index is 4.59. The number of anilines is 3. The summed E-state index contributed by atoms with van der Waals surface area (Å²) < 4.78 is 0. The summed E-state index contributed by atoms with van der Waals surface area (Å²) in [6, 6.07) is 20.6. The van der Waals surface area contributed by atoms with Crippen molar-refractivity contribution in [2.24, 2.45) is 0 Å². The highest BCUT2D eigenvalue weighted by atomic mass is 15.5. The molecule has 4 aromatic rings. The van der Waals surface area contributed by atoms with E-state index in [1.54, 1.807) is 6.20 Å². The first-order valence-electron chi connectivity index (χ1n) is 10.5. The second kappa shape index (κ2) is 8.89. The fourth-order valence-corrected chi connectivity index (χ4v) is 3.67.